The summed E-state index contributed by atoms with van der Waals surface area (Å²) in [6.45, 7) is -0.370. The highest BCUT2D eigenvalue weighted by Crippen LogP contribution is 2.36. The molecule has 0 aliphatic carbocycles. The Kier molecular flexibility index (Phi) is 5.89. The number of esters is 1. The molecule has 0 saturated heterocycles. The van der Waals surface area contributed by atoms with E-state index in [1.54, 1.807) is 24.3 Å². The lowest BCUT2D eigenvalue weighted by molar-refractivity contribution is -0.119. The first-order chi connectivity index (χ1) is 11.4. The van der Waals surface area contributed by atoms with Gasteiger partial charge in [-0.3, -0.25) is 4.79 Å². The summed E-state index contributed by atoms with van der Waals surface area (Å²) < 4.78 is 15.5. The van der Waals surface area contributed by atoms with Gasteiger partial charge < -0.3 is 19.9 Å². The minimum Gasteiger partial charge on any atom is -0.493 e. The van der Waals surface area contributed by atoms with E-state index in [0.717, 1.165) is 0 Å². The Labute approximate surface area is 148 Å². The molecule has 8 heteroatoms. The number of hydrogen-bond acceptors (Lipinski definition) is 5. The number of amides is 1. The van der Waals surface area contributed by atoms with Crippen LogP contribution in [0.4, 0.5) is 0 Å². The second-order valence-electron chi connectivity index (χ2n) is 4.59. The van der Waals surface area contributed by atoms with Crippen molar-refractivity contribution >= 4 is 35.1 Å². The van der Waals surface area contributed by atoms with Gasteiger partial charge in [-0.05, 0) is 36.4 Å². The van der Waals surface area contributed by atoms with Crippen molar-refractivity contribution in [2.24, 2.45) is 5.73 Å². The molecule has 2 aromatic carbocycles. The molecule has 6 nitrogen and oxygen atoms in total. The largest absolute Gasteiger partial charge is 0.493 e. The van der Waals surface area contributed by atoms with Crippen LogP contribution in [0.25, 0.3) is 0 Å². The third-order valence-electron chi connectivity index (χ3n) is 2.85. The summed E-state index contributed by atoms with van der Waals surface area (Å²) in [7, 11) is 1.37. The molecule has 0 spiro atoms. The molecule has 24 heavy (non-hydrogen) atoms. The number of ether oxygens (including phenoxy) is 3. The third-order valence-corrected chi connectivity index (χ3v) is 3.38. The van der Waals surface area contributed by atoms with Crippen LogP contribution in [-0.4, -0.2) is 25.6 Å². The van der Waals surface area contributed by atoms with Gasteiger partial charge in [-0.15, -0.1) is 0 Å². The third kappa shape index (κ3) is 4.53. The van der Waals surface area contributed by atoms with Gasteiger partial charge in [0.1, 0.15) is 5.75 Å². The molecule has 126 valence electrons. The Morgan fingerprint density at radius 2 is 1.79 bits per heavy atom. The van der Waals surface area contributed by atoms with Crippen molar-refractivity contribution in [3.05, 3.63) is 52.0 Å². The maximum absolute atomic E-state index is 12.2. The van der Waals surface area contributed by atoms with Crippen LogP contribution in [0.1, 0.15) is 10.4 Å². The van der Waals surface area contributed by atoms with E-state index in [-0.39, 0.29) is 28.7 Å². The van der Waals surface area contributed by atoms with Crippen molar-refractivity contribution in [2.45, 2.75) is 0 Å². The lowest BCUT2D eigenvalue weighted by atomic mass is 10.2. The molecular formula is C16H13Cl2NO5. The Hall–Kier alpha value is -2.44. The first-order valence-electron chi connectivity index (χ1n) is 6.67. The number of methoxy groups -OCH3 is 1. The SMILES string of the molecule is COc1cc(C(=O)Oc2ccc(Cl)cc2)cc(Cl)c1OCC(N)=O. The van der Waals surface area contributed by atoms with E-state index >= 15 is 0 Å². The fourth-order valence-electron chi connectivity index (χ4n) is 1.79. The average molecular weight is 370 g/mol. The van der Waals surface area contributed by atoms with Crippen molar-refractivity contribution in [3.63, 3.8) is 0 Å². The van der Waals surface area contributed by atoms with E-state index in [1.165, 1.54) is 19.2 Å². The summed E-state index contributed by atoms with van der Waals surface area (Å²) in [6, 6.07) is 9.04. The number of nitrogens with two attached hydrogens (primary N) is 1. The highest BCUT2D eigenvalue weighted by atomic mass is 35.5. The summed E-state index contributed by atoms with van der Waals surface area (Å²) in [5, 5.41) is 0.606. The van der Waals surface area contributed by atoms with Crippen LogP contribution in [0.2, 0.25) is 10.0 Å². The molecule has 0 saturated carbocycles. The normalized spacial score (nSPS) is 10.1. The van der Waals surface area contributed by atoms with Gasteiger partial charge in [0.15, 0.2) is 18.1 Å². The van der Waals surface area contributed by atoms with Gasteiger partial charge in [0.2, 0.25) is 0 Å². The molecule has 0 radical (unpaired) electrons. The zero-order valence-corrected chi connectivity index (χ0v) is 14.1. The zero-order chi connectivity index (χ0) is 17.7. The van der Waals surface area contributed by atoms with Crippen LogP contribution in [0.5, 0.6) is 17.2 Å². The van der Waals surface area contributed by atoms with Crippen LogP contribution < -0.4 is 19.9 Å². The highest BCUT2D eigenvalue weighted by Gasteiger charge is 2.18. The van der Waals surface area contributed by atoms with Gasteiger partial charge in [-0.1, -0.05) is 23.2 Å². The number of primary amides is 1. The van der Waals surface area contributed by atoms with Gasteiger partial charge in [-0.25, -0.2) is 4.79 Å². The monoisotopic (exact) mass is 369 g/mol. The molecule has 0 fully saturated rings. The maximum Gasteiger partial charge on any atom is 0.343 e. The molecule has 2 aromatic rings. The molecule has 0 aromatic heterocycles. The standard InChI is InChI=1S/C16H13Cl2NO5/c1-22-13-7-9(6-12(18)15(13)23-8-14(19)20)16(21)24-11-4-2-10(17)3-5-11/h2-7H,8H2,1H3,(H2,19,20). The number of benzene rings is 2. The summed E-state index contributed by atoms with van der Waals surface area (Å²) in [5.74, 6) is -0.695. The molecule has 0 unspecified atom stereocenters. The summed E-state index contributed by atoms with van der Waals surface area (Å²) in [4.78, 5) is 23.0. The van der Waals surface area contributed by atoms with Crippen molar-refractivity contribution in [2.75, 3.05) is 13.7 Å². The molecule has 2 rings (SSSR count). The molecular weight excluding hydrogens is 357 g/mol. The number of carbonyl (C=O) groups is 2. The fourth-order valence-corrected chi connectivity index (χ4v) is 2.18. The minimum absolute atomic E-state index is 0.0821. The smallest absolute Gasteiger partial charge is 0.343 e. The van der Waals surface area contributed by atoms with Crippen LogP contribution in [-0.2, 0) is 4.79 Å². The average Bonchev–Trinajstić information content (AvgIpc) is 2.54. The maximum atomic E-state index is 12.2. The second-order valence-corrected chi connectivity index (χ2v) is 5.43. The second kappa shape index (κ2) is 7.90. The number of halogens is 2. The highest BCUT2D eigenvalue weighted by molar-refractivity contribution is 6.32. The zero-order valence-electron chi connectivity index (χ0n) is 12.5. The molecule has 0 aliphatic heterocycles. The first-order valence-corrected chi connectivity index (χ1v) is 7.42. The van der Waals surface area contributed by atoms with Gasteiger partial charge in [0.05, 0.1) is 17.7 Å². The van der Waals surface area contributed by atoms with E-state index in [0.29, 0.717) is 10.8 Å². The Bertz CT molecular complexity index is 762. The topological polar surface area (TPSA) is 87.8 Å². The van der Waals surface area contributed by atoms with Crippen LogP contribution in [0, 0.1) is 0 Å². The van der Waals surface area contributed by atoms with E-state index in [4.69, 9.17) is 43.1 Å². The van der Waals surface area contributed by atoms with Gasteiger partial charge in [0, 0.05) is 5.02 Å². The van der Waals surface area contributed by atoms with E-state index in [2.05, 4.69) is 0 Å². The van der Waals surface area contributed by atoms with Crippen LogP contribution in [0.15, 0.2) is 36.4 Å². The predicted molar refractivity (Wildman–Crippen MR) is 89.1 cm³/mol. The van der Waals surface area contributed by atoms with Crippen molar-refractivity contribution in [3.8, 4) is 17.2 Å². The quantitative estimate of drug-likeness (QED) is 0.624. The Morgan fingerprint density at radius 1 is 1.12 bits per heavy atom. The number of rotatable bonds is 6. The lowest BCUT2D eigenvalue weighted by Gasteiger charge is -2.13. The Morgan fingerprint density at radius 3 is 2.38 bits per heavy atom. The molecule has 0 bridgehead atoms. The van der Waals surface area contributed by atoms with Crippen molar-refractivity contribution in [1.82, 2.24) is 0 Å². The summed E-state index contributed by atoms with van der Waals surface area (Å²) >= 11 is 11.9. The van der Waals surface area contributed by atoms with E-state index < -0.39 is 11.9 Å². The summed E-state index contributed by atoms with van der Waals surface area (Å²) in [6.07, 6.45) is 0. The number of hydrogen-bond donors (Lipinski definition) is 1. The van der Waals surface area contributed by atoms with E-state index in [1.807, 2.05) is 0 Å². The molecule has 0 heterocycles. The fraction of sp³-hybridized carbons (Fsp3) is 0.125. The minimum atomic E-state index is -0.667. The van der Waals surface area contributed by atoms with Crippen molar-refractivity contribution < 1.29 is 23.8 Å². The molecule has 2 N–H and O–H groups in total. The van der Waals surface area contributed by atoms with Crippen LogP contribution in [0.3, 0.4) is 0 Å². The summed E-state index contributed by atoms with van der Waals surface area (Å²) in [5.41, 5.74) is 5.18. The van der Waals surface area contributed by atoms with Crippen LogP contribution >= 0.6 is 23.2 Å². The molecule has 1 amide bonds. The first kappa shape index (κ1) is 17.9. The van der Waals surface area contributed by atoms with Gasteiger partial charge >= 0.3 is 5.97 Å². The van der Waals surface area contributed by atoms with Gasteiger partial charge in [-0.2, -0.15) is 0 Å². The predicted octanol–water partition coefficient (Wildman–Crippen LogP) is 3.09. The molecule has 0 atom stereocenters. The molecule has 0 aliphatic rings. The van der Waals surface area contributed by atoms with Crippen molar-refractivity contribution in [1.29, 1.82) is 0 Å². The number of carbonyl (C=O) groups excluding carboxylic acids is 2. The lowest BCUT2D eigenvalue weighted by Crippen LogP contribution is -2.20. The Balaban J connectivity index is 2.23. The van der Waals surface area contributed by atoms with E-state index in [9.17, 15) is 9.59 Å². The van der Waals surface area contributed by atoms with Gasteiger partial charge in [0.25, 0.3) is 5.91 Å².